The number of hydrogen-bond donors (Lipinski definition) is 0. The molecule has 1 aromatic carbocycles. The standard InChI is InChI=1S/C13H12F3NO2/c1-17(2)12(18)9-7-8-5-3-4-6-10(8)19-11(9)13(14,15)16/h3-7,11H,1-2H3. The topological polar surface area (TPSA) is 29.5 Å². The molecular formula is C13H12F3NO2. The van der Waals surface area contributed by atoms with Crippen LogP contribution in [0.15, 0.2) is 29.8 Å². The van der Waals surface area contributed by atoms with Crippen LogP contribution >= 0.6 is 0 Å². The molecule has 0 radical (unpaired) electrons. The number of carbonyl (C=O) groups excluding carboxylic acids is 1. The van der Waals surface area contributed by atoms with Crippen LogP contribution in [0.1, 0.15) is 5.56 Å². The fourth-order valence-electron chi connectivity index (χ4n) is 1.82. The number of alkyl halides is 3. The fraction of sp³-hybridized carbons (Fsp3) is 0.308. The Morgan fingerprint density at radius 2 is 1.89 bits per heavy atom. The lowest BCUT2D eigenvalue weighted by atomic mass is 10.00. The third-order valence-electron chi connectivity index (χ3n) is 2.71. The van der Waals surface area contributed by atoms with E-state index in [1.807, 2.05) is 0 Å². The molecule has 0 aromatic heterocycles. The van der Waals surface area contributed by atoms with Crippen molar-refractivity contribution in [3.8, 4) is 5.75 Å². The Morgan fingerprint density at radius 3 is 2.47 bits per heavy atom. The minimum atomic E-state index is -4.63. The van der Waals surface area contributed by atoms with E-state index in [1.165, 1.54) is 26.2 Å². The Kier molecular flexibility index (Phi) is 3.26. The van der Waals surface area contributed by atoms with E-state index in [0.717, 1.165) is 4.90 Å². The molecule has 19 heavy (non-hydrogen) atoms. The van der Waals surface area contributed by atoms with E-state index in [2.05, 4.69) is 0 Å². The van der Waals surface area contributed by atoms with Crippen LogP contribution in [0.25, 0.3) is 6.08 Å². The highest BCUT2D eigenvalue weighted by molar-refractivity contribution is 5.99. The maximum atomic E-state index is 13.0. The quantitative estimate of drug-likeness (QED) is 0.785. The molecule has 1 atom stereocenters. The van der Waals surface area contributed by atoms with Gasteiger partial charge in [0, 0.05) is 19.7 Å². The summed E-state index contributed by atoms with van der Waals surface area (Å²) in [6, 6.07) is 6.30. The number of ether oxygens (including phenoxy) is 1. The van der Waals surface area contributed by atoms with Gasteiger partial charge in [0.2, 0.25) is 6.10 Å². The highest BCUT2D eigenvalue weighted by Crippen LogP contribution is 2.37. The number of rotatable bonds is 1. The van der Waals surface area contributed by atoms with Crippen molar-refractivity contribution in [2.45, 2.75) is 12.3 Å². The van der Waals surface area contributed by atoms with Crippen LogP contribution < -0.4 is 4.74 Å². The zero-order valence-corrected chi connectivity index (χ0v) is 10.4. The molecule has 1 aliphatic heterocycles. The number of nitrogens with zero attached hydrogens (tertiary/aromatic N) is 1. The van der Waals surface area contributed by atoms with Gasteiger partial charge >= 0.3 is 6.18 Å². The summed E-state index contributed by atoms with van der Waals surface area (Å²) in [4.78, 5) is 12.9. The Balaban J connectivity index is 2.51. The molecule has 6 heteroatoms. The number of amides is 1. The monoisotopic (exact) mass is 271 g/mol. The number of para-hydroxylation sites is 1. The smallest absolute Gasteiger partial charge is 0.429 e. The van der Waals surface area contributed by atoms with Gasteiger partial charge in [0.1, 0.15) is 5.75 Å². The van der Waals surface area contributed by atoms with Crippen LogP contribution in [-0.4, -0.2) is 37.2 Å². The SMILES string of the molecule is CN(C)C(=O)C1=Cc2ccccc2OC1C(F)(F)F. The molecule has 1 aromatic rings. The van der Waals surface area contributed by atoms with E-state index in [1.54, 1.807) is 18.2 Å². The molecule has 0 saturated carbocycles. The van der Waals surface area contributed by atoms with Gasteiger partial charge in [-0.05, 0) is 12.1 Å². The van der Waals surface area contributed by atoms with Gasteiger partial charge in [-0.3, -0.25) is 4.79 Å². The van der Waals surface area contributed by atoms with Crippen LogP contribution in [0.5, 0.6) is 5.75 Å². The fourth-order valence-corrected chi connectivity index (χ4v) is 1.82. The van der Waals surface area contributed by atoms with Gasteiger partial charge in [0.15, 0.2) is 0 Å². The molecule has 0 spiro atoms. The lowest BCUT2D eigenvalue weighted by molar-refractivity contribution is -0.186. The highest BCUT2D eigenvalue weighted by Gasteiger charge is 2.48. The first-order chi connectivity index (χ1) is 8.80. The molecule has 0 bridgehead atoms. The highest BCUT2D eigenvalue weighted by atomic mass is 19.4. The molecule has 0 aliphatic carbocycles. The number of benzene rings is 1. The maximum Gasteiger partial charge on any atom is 0.429 e. The van der Waals surface area contributed by atoms with Gasteiger partial charge in [-0.15, -0.1) is 0 Å². The summed E-state index contributed by atoms with van der Waals surface area (Å²) in [6.45, 7) is 0. The zero-order chi connectivity index (χ0) is 14.2. The van der Waals surface area contributed by atoms with Crippen LogP contribution in [0.3, 0.4) is 0 Å². The first kappa shape index (κ1) is 13.5. The van der Waals surface area contributed by atoms with Crippen molar-refractivity contribution in [2.24, 2.45) is 0 Å². The predicted molar refractivity (Wildman–Crippen MR) is 63.6 cm³/mol. The molecular weight excluding hydrogens is 259 g/mol. The molecule has 0 saturated heterocycles. The van der Waals surface area contributed by atoms with Crippen molar-refractivity contribution in [2.75, 3.05) is 14.1 Å². The van der Waals surface area contributed by atoms with E-state index in [0.29, 0.717) is 5.56 Å². The molecule has 1 unspecified atom stereocenters. The number of fused-ring (bicyclic) bond motifs is 1. The Hall–Kier alpha value is -1.98. The number of hydrogen-bond acceptors (Lipinski definition) is 2. The summed E-state index contributed by atoms with van der Waals surface area (Å²) in [6.07, 6.45) is -5.62. The van der Waals surface area contributed by atoms with Crippen LogP contribution in [0.4, 0.5) is 13.2 Å². The van der Waals surface area contributed by atoms with Gasteiger partial charge in [0.05, 0.1) is 5.57 Å². The van der Waals surface area contributed by atoms with Crippen molar-refractivity contribution >= 4 is 12.0 Å². The molecule has 1 aliphatic rings. The van der Waals surface area contributed by atoms with E-state index in [-0.39, 0.29) is 5.75 Å². The van der Waals surface area contributed by atoms with E-state index >= 15 is 0 Å². The first-order valence-corrected chi connectivity index (χ1v) is 5.56. The largest absolute Gasteiger partial charge is 0.475 e. The summed E-state index contributed by atoms with van der Waals surface area (Å²) in [5.41, 5.74) is 0.0596. The molecule has 0 fully saturated rings. The molecule has 3 nitrogen and oxygen atoms in total. The van der Waals surface area contributed by atoms with Crippen molar-refractivity contribution < 1.29 is 22.7 Å². The Morgan fingerprint density at radius 1 is 1.26 bits per heavy atom. The number of carbonyl (C=O) groups is 1. The molecule has 0 N–H and O–H groups in total. The first-order valence-electron chi connectivity index (χ1n) is 5.56. The second-order valence-corrected chi connectivity index (χ2v) is 4.38. The van der Waals surface area contributed by atoms with E-state index in [9.17, 15) is 18.0 Å². The van der Waals surface area contributed by atoms with Crippen LogP contribution in [-0.2, 0) is 4.79 Å². The third-order valence-corrected chi connectivity index (χ3v) is 2.71. The minimum absolute atomic E-state index is 0.125. The molecule has 1 heterocycles. The average Bonchev–Trinajstić information content (AvgIpc) is 2.35. The lowest BCUT2D eigenvalue weighted by Gasteiger charge is -2.29. The van der Waals surface area contributed by atoms with E-state index < -0.39 is 23.8 Å². The molecule has 102 valence electrons. The summed E-state index contributed by atoms with van der Waals surface area (Å²) in [5, 5.41) is 0. The van der Waals surface area contributed by atoms with Gasteiger partial charge in [-0.2, -0.15) is 13.2 Å². The third kappa shape index (κ3) is 2.57. The summed E-state index contributed by atoms with van der Waals surface area (Å²) in [5.74, 6) is -0.586. The summed E-state index contributed by atoms with van der Waals surface area (Å²) in [7, 11) is 2.80. The van der Waals surface area contributed by atoms with Crippen LogP contribution in [0.2, 0.25) is 0 Å². The van der Waals surface area contributed by atoms with Crippen LogP contribution in [0, 0.1) is 0 Å². The number of halogens is 3. The van der Waals surface area contributed by atoms with Crippen molar-refractivity contribution in [1.29, 1.82) is 0 Å². The summed E-state index contributed by atoms with van der Waals surface area (Å²) < 4.78 is 43.9. The van der Waals surface area contributed by atoms with Gasteiger partial charge < -0.3 is 9.64 Å². The summed E-state index contributed by atoms with van der Waals surface area (Å²) >= 11 is 0. The second kappa shape index (κ2) is 4.60. The van der Waals surface area contributed by atoms with Gasteiger partial charge in [-0.1, -0.05) is 18.2 Å². The second-order valence-electron chi connectivity index (χ2n) is 4.38. The van der Waals surface area contributed by atoms with Gasteiger partial charge in [-0.25, -0.2) is 0 Å². The Bertz CT molecular complexity index is 535. The normalized spacial score (nSPS) is 18.2. The molecule has 2 rings (SSSR count). The minimum Gasteiger partial charge on any atom is -0.475 e. The predicted octanol–water partition coefficient (Wildman–Crippen LogP) is 2.48. The van der Waals surface area contributed by atoms with Crippen molar-refractivity contribution in [3.05, 3.63) is 35.4 Å². The van der Waals surface area contributed by atoms with Crippen molar-refractivity contribution in [1.82, 2.24) is 4.90 Å². The maximum absolute atomic E-state index is 13.0. The van der Waals surface area contributed by atoms with Gasteiger partial charge in [0.25, 0.3) is 5.91 Å². The average molecular weight is 271 g/mol. The van der Waals surface area contributed by atoms with E-state index in [4.69, 9.17) is 4.74 Å². The van der Waals surface area contributed by atoms with Crippen molar-refractivity contribution in [3.63, 3.8) is 0 Å². The zero-order valence-electron chi connectivity index (χ0n) is 10.4. The number of likely N-dealkylation sites (N-methyl/N-ethyl adjacent to an activating group) is 1. The molecule has 1 amide bonds. The Labute approximate surface area is 108 Å². The lowest BCUT2D eigenvalue weighted by Crippen LogP contribution is -2.43.